The SMILES string of the molecule is C=CCNC(C)CCCC(C)C. The second-order valence-electron chi connectivity index (χ2n) is 3.92. The fraction of sp³-hybridized carbons (Fsp3) is 0.818. The molecule has 1 N–H and O–H groups in total. The minimum absolute atomic E-state index is 0.641. The van der Waals surface area contributed by atoms with Crippen LogP contribution in [-0.2, 0) is 0 Å². The monoisotopic (exact) mass is 169 g/mol. The Morgan fingerprint density at radius 1 is 1.25 bits per heavy atom. The molecule has 12 heavy (non-hydrogen) atoms. The third-order valence-electron chi connectivity index (χ3n) is 2.03. The van der Waals surface area contributed by atoms with E-state index < -0.39 is 0 Å². The molecule has 0 aromatic rings. The zero-order chi connectivity index (χ0) is 9.40. The van der Waals surface area contributed by atoms with Crippen LogP contribution in [-0.4, -0.2) is 12.6 Å². The molecule has 0 heterocycles. The van der Waals surface area contributed by atoms with E-state index in [9.17, 15) is 0 Å². The molecule has 0 saturated heterocycles. The van der Waals surface area contributed by atoms with Crippen LogP contribution in [0.15, 0.2) is 12.7 Å². The second-order valence-corrected chi connectivity index (χ2v) is 3.92. The van der Waals surface area contributed by atoms with Gasteiger partial charge in [-0.25, -0.2) is 0 Å². The predicted octanol–water partition coefficient (Wildman–Crippen LogP) is 2.98. The molecule has 0 amide bonds. The van der Waals surface area contributed by atoms with Crippen LogP contribution in [0.25, 0.3) is 0 Å². The van der Waals surface area contributed by atoms with Crippen molar-refractivity contribution in [2.75, 3.05) is 6.54 Å². The van der Waals surface area contributed by atoms with Gasteiger partial charge in [0.05, 0.1) is 0 Å². The number of nitrogens with one attached hydrogen (secondary N) is 1. The molecule has 0 aromatic heterocycles. The third-order valence-corrected chi connectivity index (χ3v) is 2.03. The first-order valence-electron chi connectivity index (χ1n) is 5.01. The average Bonchev–Trinajstić information content (AvgIpc) is 2.00. The summed E-state index contributed by atoms with van der Waals surface area (Å²) in [5, 5.41) is 3.39. The summed E-state index contributed by atoms with van der Waals surface area (Å²) in [7, 11) is 0. The Balaban J connectivity index is 3.18. The van der Waals surface area contributed by atoms with E-state index in [2.05, 4.69) is 32.7 Å². The van der Waals surface area contributed by atoms with Gasteiger partial charge in [0.15, 0.2) is 0 Å². The predicted molar refractivity (Wildman–Crippen MR) is 56.4 cm³/mol. The molecule has 0 aliphatic rings. The van der Waals surface area contributed by atoms with Crippen molar-refractivity contribution in [3.63, 3.8) is 0 Å². The van der Waals surface area contributed by atoms with Crippen LogP contribution in [0.5, 0.6) is 0 Å². The molecule has 0 saturated carbocycles. The lowest BCUT2D eigenvalue weighted by Crippen LogP contribution is -2.25. The zero-order valence-corrected chi connectivity index (χ0v) is 8.77. The summed E-state index contributed by atoms with van der Waals surface area (Å²) >= 11 is 0. The highest BCUT2D eigenvalue weighted by atomic mass is 14.9. The lowest BCUT2D eigenvalue weighted by molar-refractivity contribution is 0.471. The van der Waals surface area contributed by atoms with E-state index in [1.165, 1.54) is 19.3 Å². The maximum atomic E-state index is 3.68. The molecule has 1 heteroatoms. The minimum atomic E-state index is 0.641. The zero-order valence-electron chi connectivity index (χ0n) is 8.77. The normalized spacial score (nSPS) is 13.3. The standard InChI is InChI=1S/C11H23N/c1-5-9-12-11(4)8-6-7-10(2)3/h5,10-12H,1,6-9H2,2-4H3. The van der Waals surface area contributed by atoms with Gasteiger partial charge in [0.1, 0.15) is 0 Å². The van der Waals surface area contributed by atoms with Gasteiger partial charge in [0.2, 0.25) is 0 Å². The molecule has 0 rings (SSSR count). The molecule has 1 atom stereocenters. The van der Waals surface area contributed by atoms with Crippen molar-refractivity contribution in [2.45, 2.75) is 46.1 Å². The van der Waals surface area contributed by atoms with Crippen molar-refractivity contribution in [3.05, 3.63) is 12.7 Å². The topological polar surface area (TPSA) is 12.0 Å². The first kappa shape index (κ1) is 11.7. The molecule has 0 aromatic carbocycles. The Labute approximate surface area is 77.2 Å². The van der Waals surface area contributed by atoms with Gasteiger partial charge in [-0.1, -0.05) is 32.8 Å². The van der Waals surface area contributed by atoms with Gasteiger partial charge in [-0.3, -0.25) is 0 Å². The van der Waals surface area contributed by atoms with E-state index in [1.807, 2.05) is 6.08 Å². The largest absolute Gasteiger partial charge is 0.311 e. The van der Waals surface area contributed by atoms with Crippen LogP contribution in [0.2, 0.25) is 0 Å². The fourth-order valence-electron chi connectivity index (χ4n) is 1.22. The van der Waals surface area contributed by atoms with Crippen LogP contribution in [0.4, 0.5) is 0 Å². The van der Waals surface area contributed by atoms with Crippen LogP contribution in [0.1, 0.15) is 40.0 Å². The quantitative estimate of drug-likeness (QED) is 0.578. The maximum Gasteiger partial charge on any atom is 0.0134 e. The summed E-state index contributed by atoms with van der Waals surface area (Å²) < 4.78 is 0. The van der Waals surface area contributed by atoms with Crippen LogP contribution in [0.3, 0.4) is 0 Å². The molecule has 0 bridgehead atoms. The van der Waals surface area contributed by atoms with Gasteiger partial charge in [-0.2, -0.15) is 0 Å². The van der Waals surface area contributed by atoms with Crippen molar-refractivity contribution in [1.82, 2.24) is 5.32 Å². The van der Waals surface area contributed by atoms with E-state index >= 15 is 0 Å². The summed E-state index contributed by atoms with van der Waals surface area (Å²) in [5.41, 5.74) is 0. The summed E-state index contributed by atoms with van der Waals surface area (Å²) in [4.78, 5) is 0. The molecule has 72 valence electrons. The van der Waals surface area contributed by atoms with E-state index in [4.69, 9.17) is 0 Å². The van der Waals surface area contributed by atoms with Gasteiger partial charge < -0.3 is 5.32 Å². The van der Waals surface area contributed by atoms with E-state index in [-0.39, 0.29) is 0 Å². The Kier molecular flexibility index (Phi) is 7.17. The van der Waals surface area contributed by atoms with Gasteiger partial charge in [0, 0.05) is 12.6 Å². The summed E-state index contributed by atoms with van der Waals surface area (Å²) in [5.74, 6) is 0.844. The summed E-state index contributed by atoms with van der Waals surface area (Å²) in [6.07, 6.45) is 5.88. The summed E-state index contributed by atoms with van der Waals surface area (Å²) in [6, 6.07) is 0.641. The number of hydrogen-bond acceptors (Lipinski definition) is 1. The van der Waals surface area contributed by atoms with Crippen LogP contribution < -0.4 is 5.32 Å². The van der Waals surface area contributed by atoms with Crippen molar-refractivity contribution in [3.8, 4) is 0 Å². The molecule has 0 spiro atoms. The Bertz CT molecular complexity index is 108. The molecule has 0 aliphatic carbocycles. The number of hydrogen-bond donors (Lipinski definition) is 1. The first-order chi connectivity index (χ1) is 5.66. The average molecular weight is 169 g/mol. The highest BCUT2D eigenvalue weighted by Crippen LogP contribution is 2.07. The lowest BCUT2D eigenvalue weighted by atomic mass is 10.0. The molecular weight excluding hydrogens is 146 g/mol. The Morgan fingerprint density at radius 2 is 1.92 bits per heavy atom. The highest BCUT2D eigenvalue weighted by molar-refractivity contribution is 4.72. The van der Waals surface area contributed by atoms with Crippen molar-refractivity contribution in [2.24, 2.45) is 5.92 Å². The van der Waals surface area contributed by atoms with Crippen LogP contribution in [0, 0.1) is 5.92 Å². The Morgan fingerprint density at radius 3 is 2.42 bits per heavy atom. The Hall–Kier alpha value is -0.300. The van der Waals surface area contributed by atoms with Gasteiger partial charge in [-0.15, -0.1) is 6.58 Å². The molecule has 0 aliphatic heterocycles. The molecule has 0 fully saturated rings. The summed E-state index contributed by atoms with van der Waals surface area (Å²) in [6.45, 7) is 11.4. The first-order valence-corrected chi connectivity index (χ1v) is 5.01. The smallest absolute Gasteiger partial charge is 0.0134 e. The molecule has 1 unspecified atom stereocenters. The fourth-order valence-corrected chi connectivity index (χ4v) is 1.22. The lowest BCUT2D eigenvalue weighted by Gasteiger charge is -2.12. The van der Waals surface area contributed by atoms with Gasteiger partial charge in [0.25, 0.3) is 0 Å². The van der Waals surface area contributed by atoms with E-state index in [1.54, 1.807) is 0 Å². The highest BCUT2D eigenvalue weighted by Gasteiger charge is 2.00. The van der Waals surface area contributed by atoms with Gasteiger partial charge >= 0.3 is 0 Å². The van der Waals surface area contributed by atoms with Gasteiger partial charge in [-0.05, 0) is 19.3 Å². The van der Waals surface area contributed by atoms with Crippen molar-refractivity contribution >= 4 is 0 Å². The molecular formula is C11H23N. The van der Waals surface area contributed by atoms with Crippen molar-refractivity contribution < 1.29 is 0 Å². The molecule has 1 nitrogen and oxygen atoms in total. The molecule has 0 radical (unpaired) electrons. The second kappa shape index (κ2) is 7.35. The van der Waals surface area contributed by atoms with E-state index in [0.717, 1.165) is 12.5 Å². The third kappa shape index (κ3) is 7.80. The minimum Gasteiger partial charge on any atom is -0.311 e. The van der Waals surface area contributed by atoms with E-state index in [0.29, 0.717) is 6.04 Å². The maximum absolute atomic E-state index is 3.68. The van der Waals surface area contributed by atoms with Crippen LogP contribution >= 0.6 is 0 Å². The number of rotatable bonds is 7. The van der Waals surface area contributed by atoms with Crippen molar-refractivity contribution in [1.29, 1.82) is 0 Å².